The highest BCUT2D eigenvalue weighted by Crippen LogP contribution is 2.21. The number of anilines is 2. The predicted octanol–water partition coefficient (Wildman–Crippen LogP) is 3.06. The van der Waals surface area contributed by atoms with Crippen LogP contribution in [0.1, 0.15) is 43.4 Å². The van der Waals surface area contributed by atoms with E-state index in [2.05, 4.69) is 42.7 Å². The van der Waals surface area contributed by atoms with Gasteiger partial charge in [0.25, 0.3) is 0 Å². The van der Waals surface area contributed by atoms with Crippen LogP contribution in [-0.2, 0) is 24.7 Å². The standard InChI is InChI=1S/C25H35FN8O2/c1-33-24-20(16-30-33)23(28-17-29-24)32-21(25(35)36)10-15-34(14-5-11-26)13-3-2-7-19-9-8-18-6-4-12-27-22(18)31-19/h8-9,16-17,21H,2-7,10-15H2,1H3,(H,27,31)(H,35,36)(H,28,29,32)/t21-/m0/s1. The lowest BCUT2D eigenvalue weighted by Gasteiger charge is -2.24. The summed E-state index contributed by atoms with van der Waals surface area (Å²) in [5.74, 6) is 0.508. The fourth-order valence-electron chi connectivity index (χ4n) is 4.58. The van der Waals surface area contributed by atoms with E-state index >= 15 is 0 Å². The van der Waals surface area contributed by atoms with Crippen LogP contribution in [0, 0.1) is 0 Å². The third-order valence-electron chi connectivity index (χ3n) is 6.59. The summed E-state index contributed by atoms with van der Waals surface area (Å²) in [6, 6.07) is 3.46. The smallest absolute Gasteiger partial charge is 0.326 e. The highest BCUT2D eigenvalue weighted by atomic mass is 19.1. The molecule has 0 amide bonds. The van der Waals surface area contributed by atoms with Crippen molar-refractivity contribution < 1.29 is 14.3 Å². The molecule has 0 aromatic carbocycles. The molecular weight excluding hydrogens is 463 g/mol. The van der Waals surface area contributed by atoms with Crippen LogP contribution in [0.25, 0.3) is 11.0 Å². The summed E-state index contributed by atoms with van der Waals surface area (Å²) >= 11 is 0. The molecule has 0 aliphatic carbocycles. The van der Waals surface area contributed by atoms with Gasteiger partial charge >= 0.3 is 5.97 Å². The molecule has 3 aromatic rings. The number of alkyl halides is 1. The number of hydrogen-bond donors (Lipinski definition) is 3. The summed E-state index contributed by atoms with van der Waals surface area (Å²) in [6.07, 6.45) is 8.84. The van der Waals surface area contributed by atoms with Crippen molar-refractivity contribution in [3.63, 3.8) is 0 Å². The van der Waals surface area contributed by atoms with Crippen LogP contribution in [0.3, 0.4) is 0 Å². The fourth-order valence-corrected chi connectivity index (χ4v) is 4.58. The fraction of sp³-hybridized carbons (Fsp3) is 0.560. The SMILES string of the molecule is Cn1ncc2c(N[C@@H](CCN(CCCF)CCCCc3ccc4c(n3)NCCC4)C(=O)O)ncnc21. The van der Waals surface area contributed by atoms with E-state index in [4.69, 9.17) is 4.98 Å². The molecule has 3 aromatic heterocycles. The van der Waals surface area contributed by atoms with Crippen molar-refractivity contribution in [1.29, 1.82) is 0 Å². The molecule has 4 heterocycles. The largest absolute Gasteiger partial charge is 0.480 e. The Morgan fingerprint density at radius 2 is 2.11 bits per heavy atom. The van der Waals surface area contributed by atoms with Crippen molar-refractivity contribution in [2.75, 3.05) is 43.5 Å². The number of nitrogens with zero attached hydrogens (tertiary/aromatic N) is 6. The molecule has 194 valence electrons. The molecule has 4 rings (SSSR count). The highest BCUT2D eigenvalue weighted by molar-refractivity contribution is 5.88. The molecule has 0 saturated carbocycles. The molecule has 0 radical (unpaired) electrons. The third kappa shape index (κ3) is 6.66. The van der Waals surface area contributed by atoms with E-state index in [1.54, 1.807) is 17.9 Å². The molecule has 11 heteroatoms. The number of carboxylic acids is 1. The number of unbranched alkanes of at least 4 members (excludes halogenated alkanes) is 1. The van der Waals surface area contributed by atoms with Crippen molar-refractivity contribution in [2.45, 2.75) is 51.0 Å². The average Bonchev–Trinajstić information content (AvgIpc) is 3.28. The van der Waals surface area contributed by atoms with Crippen molar-refractivity contribution in [1.82, 2.24) is 29.6 Å². The number of pyridine rings is 1. The topological polar surface area (TPSA) is 121 Å². The van der Waals surface area contributed by atoms with Crippen molar-refractivity contribution in [3.8, 4) is 0 Å². The van der Waals surface area contributed by atoms with Crippen LogP contribution in [0.2, 0.25) is 0 Å². The quantitative estimate of drug-likeness (QED) is 0.288. The van der Waals surface area contributed by atoms with Gasteiger partial charge in [-0.05, 0) is 63.1 Å². The molecule has 0 fully saturated rings. The van der Waals surface area contributed by atoms with E-state index in [0.29, 0.717) is 42.8 Å². The van der Waals surface area contributed by atoms with Gasteiger partial charge in [-0.25, -0.2) is 19.7 Å². The van der Waals surface area contributed by atoms with Gasteiger partial charge in [-0.15, -0.1) is 0 Å². The zero-order chi connectivity index (χ0) is 25.3. The van der Waals surface area contributed by atoms with E-state index in [9.17, 15) is 14.3 Å². The van der Waals surface area contributed by atoms with Crippen molar-refractivity contribution >= 4 is 28.6 Å². The molecule has 36 heavy (non-hydrogen) atoms. The van der Waals surface area contributed by atoms with Gasteiger partial charge in [0.2, 0.25) is 0 Å². The molecule has 1 atom stereocenters. The van der Waals surface area contributed by atoms with Gasteiger partial charge in [-0.1, -0.05) is 6.07 Å². The maximum Gasteiger partial charge on any atom is 0.326 e. The summed E-state index contributed by atoms with van der Waals surface area (Å²) in [5.41, 5.74) is 3.00. The first-order valence-corrected chi connectivity index (χ1v) is 12.7. The van der Waals surface area contributed by atoms with Gasteiger partial charge < -0.3 is 20.6 Å². The lowest BCUT2D eigenvalue weighted by atomic mass is 10.1. The minimum atomic E-state index is -0.955. The second-order valence-corrected chi connectivity index (χ2v) is 9.23. The minimum absolute atomic E-state index is 0.366. The monoisotopic (exact) mass is 498 g/mol. The van der Waals surface area contributed by atoms with E-state index < -0.39 is 12.0 Å². The predicted molar refractivity (Wildman–Crippen MR) is 137 cm³/mol. The van der Waals surface area contributed by atoms with Crippen LogP contribution in [0.5, 0.6) is 0 Å². The molecule has 0 spiro atoms. The Morgan fingerprint density at radius 1 is 1.25 bits per heavy atom. The Kier molecular flexibility index (Phi) is 8.99. The van der Waals surface area contributed by atoms with Crippen LogP contribution in [0.4, 0.5) is 16.0 Å². The number of nitrogens with one attached hydrogen (secondary N) is 2. The molecule has 3 N–H and O–H groups in total. The summed E-state index contributed by atoms with van der Waals surface area (Å²) in [5, 5.41) is 21.1. The molecule has 0 saturated heterocycles. The second kappa shape index (κ2) is 12.6. The van der Waals surface area contributed by atoms with E-state index in [-0.39, 0.29) is 6.67 Å². The van der Waals surface area contributed by atoms with Crippen molar-refractivity contribution in [2.24, 2.45) is 7.05 Å². The van der Waals surface area contributed by atoms with E-state index in [1.807, 2.05) is 0 Å². The number of carboxylic acid groups (broad SMARTS) is 1. The summed E-state index contributed by atoms with van der Waals surface area (Å²) in [4.78, 5) is 27.3. The minimum Gasteiger partial charge on any atom is -0.480 e. The Morgan fingerprint density at radius 3 is 2.94 bits per heavy atom. The normalized spacial score (nSPS) is 14.0. The number of aryl methyl sites for hydroxylation is 3. The molecule has 10 nitrogen and oxygen atoms in total. The van der Waals surface area contributed by atoms with E-state index in [0.717, 1.165) is 56.7 Å². The molecule has 0 bridgehead atoms. The van der Waals surface area contributed by atoms with Gasteiger partial charge in [0.15, 0.2) is 5.65 Å². The van der Waals surface area contributed by atoms with Gasteiger partial charge in [0, 0.05) is 32.4 Å². The van der Waals surface area contributed by atoms with E-state index in [1.165, 1.54) is 11.9 Å². The summed E-state index contributed by atoms with van der Waals surface area (Å²) in [6.45, 7) is 2.53. The maximum absolute atomic E-state index is 12.9. The second-order valence-electron chi connectivity index (χ2n) is 9.23. The summed E-state index contributed by atoms with van der Waals surface area (Å²) in [7, 11) is 1.77. The number of aliphatic carboxylic acids is 1. The van der Waals surface area contributed by atoms with Crippen LogP contribution in [-0.4, -0.2) is 79.6 Å². The molecule has 1 aliphatic heterocycles. The Labute approximate surface area is 210 Å². The number of rotatable bonds is 14. The zero-order valence-electron chi connectivity index (χ0n) is 20.8. The van der Waals surface area contributed by atoms with Gasteiger partial charge in [-0.2, -0.15) is 5.10 Å². The molecule has 1 aliphatic rings. The van der Waals surface area contributed by atoms with Crippen LogP contribution >= 0.6 is 0 Å². The van der Waals surface area contributed by atoms with Crippen LogP contribution < -0.4 is 10.6 Å². The van der Waals surface area contributed by atoms with Crippen molar-refractivity contribution in [3.05, 3.63) is 35.9 Å². The van der Waals surface area contributed by atoms with Gasteiger partial charge in [-0.3, -0.25) is 9.07 Å². The maximum atomic E-state index is 12.9. The Balaban J connectivity index is 1.29. The Bertz CT molecular complexity index is 1150. The number of halogens is 1. The Hall–Kier alpha value is -3.34. The molecular formula is C25H35FN8O2. The molecule has 0 unspecified atom stereocenters. The average molecular weight is 499 g/mol. The lowest BCUT2D eigenvalue weighted by molar-refractivity contribution is -0.138. The first-order valence-electron chi connectivity index (χ1n) is 12.7. The number of hydrogen-bond acceptors (Lipinski definition) is 8. The summed E-state index contributed by atoms with van der Waals surface area (Å²) < 4.78 is 14.5. The number of fused-ring (bicyclic) bond motifs is 2. The first-order chi connectivity index (χ1) is 17.5. The third-order valence-corrected chi connectivity index (χ3v) is 6.59. The van der Waals surface area contributed by atoms with Gasteiger partial charge in [0.1, 0.15) is 24.0 Å². The number of carbonyl (C=O) groups is 1. The number of aromatic nitrogens is 5. The zero-order valence-corrected chi connectivity index (χ0v) is 20.8. The lowest BCUT2D eigenvalue weighted by Crippen LogP contribution is -2.36. The first kappa shape index (κ1) is 25.7. The highest BCUT2D eigenvalue weighted by Gasteiger charge is 2.21. The van der Waals surface area contributed by atoms with Crippen LogP contribution in [0.15, 0.2) is 24.7 Å². The van der Waals surface area contributed by atoms with Gasteiger partial charge in [0.05, 0.1) is 18.3 Å².